The molecule has 0 unspecified atom stereocenters. The third kappa shape index (κ3) is 2.84. The number of amides is 1. The number of aromatic nitrogens is 2. The van der Waals surface area contributed by atoms with E-state index in [9.17, 15) is 4.79 Å². The van der Waals surface area contributed by atoms with Crippen molar-refractivity contribution in [1.82, 2.24) is 14.7 Å². The summed E-state index contributed by atoms with van der Waals surface area (Å²) in [4.78, 5) is 14.0. The van der Waals surface area contributed by atoms with Gasteiger partial charge in [0.25, 0.3) is 5.91 Å². The highest BCUT2D eigenvalue weighted by Crippen LogP contribution is 2.12. The van der Waals surface area contributed by atoms with Crippen LogP contribution in [0.4, 0.5) is 0 Å². The average molecular weight is 257 g/mol. The zero-order valence-corrected chi connectivity index (χ0v) is 11.8. The van der Waals surface area contributed by atoms with E-state index in [1.54, 1.807) is 4.90 Å². The summed E-state index contributed by atoms with van der Waals surface area (Å²) in [5.41, 5.74) is 4.03. The van der Waals surface area contributed by atoms with E-state index < -0.39 is 0 Å². The van der Waals surface area contributed by atoms with Crippen LogP contribution in [0.2, 0.25) is 0 Å². The van der Waals surface area contributed by atoms with Crippen LogP contribution in [0.1, 0.15) is 27.2 Å². The van der Waals surface area contributed by atoms with Gasteiger partial charge in [-0.25, -0.2) is 0 Å². The lowest BCUT2D eigenvalue weighted by atomic mass is 10.1. The Morgan fingerprint density at radius 2 is 1.89 bits per heavy atom. The molecular weight excluding hydrogens is 238 g/mol. The molecule has 1 amide bonds. The molecule has 0 spiro atoms. The largest absolute Gasteiger partial charge is 0.337 e. The molecule has 0 saturated carbocycles. The van der Waals surface area contributed by atoms with Crippen LogP contribution in [-0.2, 0) is 13.6 Å². The van der Waals surface area contributed by atoms with Crippen molar-refractivity contribution >= 4 is 5.91 Å². The Kier molecular flexibility index (Phi) is 3.69. The Morgan fingerprint density at radius 3 is 2.42 bits per heavy atom. The molecule has 0 fully saturated rings. The van der Waals surface area contributed by atoms with Crippen LogP contribution in [0.25, 0.3) is 0 Å². The van der Waals surface area contributed by atoms with Crippen LogP contribution >= 0.6 is 0 Å². The maximum atomic E-state index is 12.3. The smallest absolute Gasteiger partial charge is 0.253 e. The Hall–Kier alpha value is -2.10. The second-order valence-corrected chi connectivity index (χ2v) is 4.91. The molecule has 0 aliphatic heterocycles. The molecule has 0 atom stereocenters. The second kappa shape index (κ2) is 5.26. The number of hydrogen-bond donors (Lipinski definition) is 0. The van der Waals surface area contributed by atoms with Gasteiger partial charge in [0.1, 0.15) is 0 Å². The standard InChI is InChI=1S/C15H19N3O/c1-11-5-7-13(8-6-11)15(19)17(3)10-14-9-16-18(4)12(14)2/h5-9H,10H2,1-4H3. The van der Waals surface area contributed by atoms with E-state index in [4.69, 9.17) is 0 Å². The monoisotopic (exact) mass is 257 g/mol. The van der Waals surface area contributed by atoms with Gasteiger partial charge < -0.3 is 4.90 Å². The number of nitrogens with zero attached hydrogens (tertiary/aromatic N) is 3. The zero-order valence-electron chi connectivity index (χ0n) is 11.8. The lowest BCUT2D eigenvalue weighted by molar-refractivity contribution is 0.0785. The van der Waals surface area contributed by atoms with Crippen LogP contribution in [0.5, 0.6) is 0 Å². The van der Waals surface area contributed by atoms with E-state index >= 15 is 0 Å². The molecule has 0 radical (unpaired) electrons. The molecule has 2 rings (SSSR count). The van der Waals surface area contributed by atoms with Gasteiger partial charge in [-0.15, -0.1) is 0 Å². The molecule has 0 N–H and O–H groups in total. The first-order chi connectivity index (χ1) is 8.99. The first-order valence-electron chi connectivity index (χ1n) is 6.28. The summed E-state index contributed by atoms with van der Waals surface area (Å²) in [6.07, 6.45) is 1.81. The normalized spacial score (nSPS) is 10.5. The van der Waals surface area contributed by atoms with E-state index in [1.807, 2.05) is 63.1 Å². The van der Waals surface area contributed by atoms with Crippen molar-refractivity contribution in [2.24, 2.45) is 7.05 Å². The third-order valence-corrected chi connectivity index (χ3v) is 3.39. The fourth-order valence-corrected chi connectivity index (χ4v) is 1.94. The van der Waals surface area contributed by atoms with Crippen molar-refractivity contribution in [3.63, 3.8) is 0 Å². The molecule has 1 aromatic heterocycles. The minimum Gasteiger partial charge on any atom is -0.337 e. The number of benzene rings is 1. The molecule has 2 aromatic rings. The van der Waals surface area contributed by atoms with Crippen molar-refractivity contribution in [1.29, 1.82) is 0 Å². The van der Waals surface area contributed by atoms with Gasteiger partial charge in [-0.05, 0) is 26.0 Å². The molecule has 1 heterocycles. The van der Waals surface area contributed by atoms with Crippen LogP contribution < -0.4 is 0 Å². The molecule has 0 bridgehead atoms. The molecule has 19 heavy (non-hydrogen) atoms. The van der Waals surface area contributed by atoms with E-state index in [0.29, 0.717) is 6.54 Å². The number of carbonyl (C=O) groups is 1. The number of hydrogen-bond acceptors (Lipinski definition) is 2. The lowest BCUT2D eigenvalue weighted by Crippen LogP contribution is -2.26. The van der Waals surface area contributed by atoms with E-state index in [0.717, 1.165) is 22.4 Å². The highest BCUT2D eigenvalue weighted by Gasteiger charge is 2.14. The van der Waals surface area contributed by atoms with Gasteiger partial charge in [0, 0.05) is 37.5 Å². The summed E-state index contributed by atoms with van der Waals surface area (Å²) in [6.45, 7) is 4.59. The fourth-order valence-electron chi connectivity index (χ4n) is 1.94. The van der Waals surface area contributed by atoms with Crippen LogP contribution in [0.15, 0.2) is 30.5 Å². The molecule has 4 nitrogen and oxygen atoms in total. The maximum Gasteiger partial charge on any atom is 0.253 e. The van der Waals surface area contributed by atoms with Crippen molar-refractivity contribution in [2.75, 3.05) is 7.05 Å². The van der Waals surface area contributed by atoms with Gasteiger partial charge in [0.05, 0.1) is 6.20 Å². The summed E-state index contributed by atoms with van der Waals surface area (Å²) in [5.74, 6) is 0.0308. The minimum atomic E-state index is 0.0308. The van der Waals surface area contributed by atoms with Gasteiger partial charge in [-0.1, -0.05) is 17.7 Å². The van der Waals surface area contributed by atoms with E-state index in [-0.39, 0.29) is 5.91 Å². The number of carbonyl (C=O) groups excluding carboxylic acids is 1. The predicted octanol–water partition coefficient (Wildman–Crippen LogP) is 2.31. The molecular formula is C15H19N3O. The molecule has 4 heteroatoms. The quantitative estimate of drug-likeness (QED) is 0.846. The van der Waals surface area contributed by atoms with Crippen molar-refractivity contribution in [3.05, 3.63) is 52.8 Å². The Bertz CT molecular complexity index is 584. The predicted molar refractivity (Wildman–Crippen MR) is 74.9 cm³/mol. The van der Waals surface area contributed by atoms with Crippen molar-refractivity contribution < 1.29 is 4.79 Å². The van der Waals surface area contributed by atoms with Gasteiger partial charge in [0.15, 0.2) is 0 Å². The first-order valence-corrected chi connectivity index (χ1v) is 6.28. The van der Waals surface area contributed by atoms with Crippen molar-refractivity contribution in [2.45, 2.75) is 20.4 Å². The van der Waals surface area contributed by atoms with Gasteiger partial charge in [-0.3, -0.25) is 9.48 Å². The topological polar surface area (TPSA) is 38.1 Å². The molecule has 0 saturated heterocycles. The van der Waals surface area contributed by atoms with Crippen LogP contribution in [0.3, 0.4) is 0 Å². The fraction of sp³-hybridized carbons (Fsp3) is 0.333. The Morgan fingerprint density at radius 1 is 1.26 bits per heavy atom. The maximum absolute atomic E-state index is 12.3. The van der Waals surface area contributed by atoms with E-state index in [1.165, 1.54) is 0 Å². The molecule has 100 valence electrons. The van der Waals surface area contributed by atoms with Gasteiger partial charge >= 0.3 is 0 Å². The highest BCUT2D eigenvalue weighted by atomic mass is 16.2. The third-order valence-electron chi connectivity index (χ3n) is 3.39. The Labute approximate surface area is 113 Å². The number of aryl methyl sites for hydroxylation is 2. The Balaban J connectivity index is 2.11. The molecule has 1 aromatic carbocycles. The summed E-state index contributed by atoms with van der Waals surface area (Å²) in [6, 6.07) is 7.64. The minimum absolute atomic E-state index is 0.0308. The van der Waals surface area contributed by atoms with Gasteiger partial charge in [0.2, 0.25) is 0 Å². The number of rotatable bonds is 3. The average Bonchev–Trinajstić information content (AvgIpc) is 2.71. The first kappa shape index (κ1) is 13.3. The SMILES string of the molecule is Cc1ccc(C(=O)N(C)Cc2cnn(C)c2C)cc1. The zero-order chi connectivity index (χ0) is 14.0. The summed E-state index contributed by atoms with van der Waals surface area (Å²) in [7, 11) is 3.72. The second-order valence-electron chi connectivity index (χ2n) is 4.91. The van der Waals surface area contributed by atoms with Crippen LogP contribution in [-0.4, -0.2) is 27.6 Å². The highest BCUT2D eigenvalue weighted by molar-refractivity contribution is 5.94. The van der Waals surface area contributed by atoms with Crippen molar-refractivity contribution in [3.8, 4) is 0 Å². The lowest BCUT2D eigenvalue weighted by Gasteiger charge is -2.17. The van der Waals surface area contributed by atoms with Gasteiger partial charge in [-0.2, -0.15) is 5.10 Å². The van der Waals surface area contributed by atoms with E-state index in [2.05, 4.69) is 5.10 Å². The summed E-state index contributed by atoms with van der Waals surface area (Å²) >= 11 is 0. The molecule has 0 aliphatic rings. The summed E-state index contributed by atoms with van der Waals surface area (Å²) < 4.78 is 1.82. The molecule has 0 aliphatic carbocycles. The summed E-state index contributed by atoms with van der Waals surface area (Å²) in [5, 5.41) is 4.19. The van der Waals surface area contributed by atoms with Crippen LogP contribution in [0, 0.1) is 13.8 Å².